The third kappa shape index (κ3) is 1.35. The second-order valence-corrected chi connectivity index (χ2v) is 3.23. The molecule has 0 saturated carbocycles. The number of hydrogen-bond donors (Lipinski definition) is 2. The molecule has 2 atom stereocenters. The summed E-state index contributed by atoms with van der Waals surface area (Å²) in [6.07, 6.45) is 3.66. The van der Waals surface area contributed by atoms with Crippen LogP contribution in [0.4, 0.5) is 0 Å². The lowest BCUT2D eigenvalue weighted by Crippen LogP contribution is -2.45. The molecule has 0 fully saturated rings. The van der Waals surface area contributed by atoms with Gasteiger partial charge in [-0.1, -0.05) is 29.3 Å². The summed E-state index contributed by atoms with van der Waals surface area (Å²) in [5.74, 6) is 0. The van der Waals surface area contributed by atoms with Gasteiger partial charge >= 0.3 is 0 Å². The maximum Gasteiger partial charge on any atom is 0.141 e. The highest BCUT2D eigenvalue weighted by atomic mass is 35.5. The SMILES string of the molecule is NC1(Cl)C=CC=C(Cl)C1O. The molecule has 0 radical (unpaired) electrons. The molecule has 0 amide bonds. The number of rotatable bonds is 0. The second kappa shape index (κ2) is 2.55. The van der Waals surface area contributed by atoms with Crippen molar-refractivity contribution in [3.05, 3.63) is 23.3 Å². The van der Waals surface area contributed by atoms with E-state index in [4.69, 9.17) is 28.9 Å². The van der Waals surface area contributed by atoms with Gasteiger partial charge in [-0.15, -0.1) is 0 Å². The van der Waals surface area contributed by atoms with Crippen LogP contribution < -0.4 is 5.73 Å². The van der Waals surface area contributed by atoms with E-state index in [1.54, 1.807) is 12.2 Å². The molecule has 3 N–H and O–H groups in total. The highest BCUT2D eigenvalue weighted by molar-refractivity contribution is 6.33. The molecule has 56 valence electrons. The Hall–Kier alpha value is -0.0200. The number of hydrogen-bond acceptors (Lipinski definition) is 2. The predicted molar refractivity (Wildman–Crippen MR) is 41.9 cm³/mol. The summed E-state index contributed by atoms with van der Waals surface area (Å²) >= 11 is 11.2. The topological polar surface area (TPSA) is 46.2 Å². The van der Waals surface area contributed by atoms with E-state index in [1.165, 1.54) is 6.08 Å². The summed E-state index contributed by atoms with van der Waals surface area (Å²) in [5.41, 5.74) is 5.42. The van der Waals surface area contributed by atoms with Gasteiger partial charge in [-0.05, 0) is 12.2 Å². The molecular formula is C6H7Cl2NO. The molecule has 1 rings (SSSR count). The van der Waals surface area contributed by atoms with Crippen molar-refractivity contribution < 1.29 is 5.11 Å². The number of allylic oxidation sites excluding steroid dienone is 2. The molecule has 0 aromatic heterocycles. The van der Waals surface area contributed by atoms with Crippen LogP contribution in [0.5, 0.6) is 0 Å². The van der Waals surface area contributed by atoms with Crippen molar-refractivity contribution in [3.63, 3.8) is 0 Å². The van der Waals surface area contributed by atoms with Crippen molar-refractivity contribution in [1.29, 1.82) is 0 Å². The first-order valence-electron chi connectivity index (χ1n) is 2.75. The van der Waals surface area contributed by atoms with Crippen LogP contribution in [0.3, 0.4) is 0 Å². The van der Waals surface area contributed by atoms with Crippen molar-refractivity contribution in [2.45, 2.75) is 11.1 Å². The Kier molecular flexibility index (Phi) is 2.06. The molecule has 0 aromatic rings. The highest BCUT2D eigenvalue weighted by Gasteiger charge is 2.32. The van der Waals surface area contributed by atoms with Crippen LogP contribution in [-0.4, -0.2) is 16.2 Å². The number of aliphatic hydroxyl groups is 1. The summed E-state index contributed by atoms with van der Waals surface area (Å²) in [7, 11) is 0. The molecular weight excluding hydrogens is 173 g/mol. The van der Waals surface area contributed by atoms with E-state index in [-0.39, 0.29) is 5.03 Å². The highest BCUT2D eigenvalue weighted by Crippen LogP contribution is 2.26. The summed E-state index contributed by atoms with van der Waals surface area (Å²) in [5, 5.41) is 9.46. The molecule has 10 heavy (non-hydrogen) atoms. The quantitative estimate of drug-likeness (QED) is 0.430. The molecule has 0 bridgehead atoms. The van der Waals surface area contributed by atoms with Crippen LogP contribution in [-0.2, 0) is 0 Å². The standard InChI is InChI=1S/C6H7Cl2NO/c7-4-2-1-3-6(8,9)5(4)10/h1-3,5,10H,9H2. The Morgan fingerprint density at radius 1 is 1.70 bits per heavy atom. The molecule has 0 saturated heterocycles. The third-order valence-corrected chi connectivity index (χ3v) is 1.95. The van der Waals surface area contributed by atoms with Gasteiger partial charge in [-0.25, -0.2) is 0 Å². The average Bonchev–Trinajstić information content (AvgIpc) is 1.83. The van der Waals surface area contributed by atoms with E-state index in [0.717, 1.165) is 0 Å². The van der Waals surface area contributed by atoms with Gasteiger partial charge in [0.25, 0.3) is 0 Å². The Morgan fingerprint density at radius 3 is 2.70 bits per heavy atom. The van der Waals surface area contributed by atoms with E-state index >= 15 is 0 Å². The van der Waals surface area contributed by atoms with Gasteiger partial charge in [-0.2, -0.15) is 0 Å². The van der Waals surface area contributed by atoms with E-state index in [0.29, 0.717) is 0 Å². The monoisotopic (exact) mass is 179 g/mol. The fourth-order valence-corrected chi connectivity index (χ4v) is 1.18. The van der Waals surface area contributed by atoms with Gasteiger partial charge < -0.3 is 10.8 Å². The largest absolute Gasteiger partial charge is 0.384 e. The first kappa shape index (κ1) is 8.08. The summed E-state index contributed by atoms with van der Waals surface area (Å²) in [6, 6.07) is 0. The van der Waals surface area contributed by atoms with Crippen molar-refractivity contribution in [3.8, 4) is 0 Å². The van der Waals surface area contributed by atoms with Crippen molar-refractivity contribution in [1.82, 2.24) is 0 Å². The van der Waals surface area contributed by atoms with Gasteiger partial charge in [0, 0.05) is 0 Å². The van der Waals surface area contributed by atoms with Crippen molar-refractivity contribution in [2.24, 2.45) is 5.73 Å². The second-order valence-electron chi connectivity index (χ2n) is 2.14. The fraction of sp³-hybridized carbons (Fsp3) is 0.333. The minimum absolute atomic E-state index is 0.264. The zero-order chi connectivity index (χ0) is 7.78. The van der Waals surface area contributed by atoms with Crippen molar-refractivity contribution >= 4 is 23.2 Å². The number of halogens is 2. The Balaban J connectivity index is 2.89. The van der Waals surface area contributed by atoms with E-state index in [9.17, 15) is 5.11 Å². The fourth-order valence-electron chi connectivity index (χ4n) is 0.681. The van der Waals surface area contributed by atoms with Gasteiger partial charge in [-0.3, -0.25) is 0 Å². The van der Waals surface area contributed by atoms with Crippen LogP contribution in [0.2, 0.25) is 0 Å². The molecule has 0 aromatic carbocycles. The zero-order valence-electron chi connectivity index (χ0n) is 5.09. The smallest absolute Gasteiger partial charge is 0.141 e. The minimum atomic E-state index is -1.24. The van der Waals surface area contributed by atoms with Gasteiger partial charge in [0.1, 0.15) is 11.1 Å². The number of alkyl halides is 1. The first-order valence-corrected chi connectivity index (χ1v) is 3.50. The lowest BCUT2D eigenvalue weighted by molar-refractivity contribution is 0.186. The van der Waals surface area contributed by atoms with Gasteiger partial charge in [0.15, 0.2) is 0 Å². The maximum atomic E-state index is 9.20. The molecule has 1 aliphatic carbocycles. The molecule has 1 aliphatic rings. The van der Waals surface area contributed by atoms with Crippen LogP contribution in [0.25, 0.3) is 0 Å². The summed E-state index contributed by atoms with van der Waals surface area (Å²) in [4.78, 5) is -1.24. The molecule has 0 spiro atoms. The lowest BCUT2D eigenvalue weighted by atomic mass is 10.1. The van der Waals surface area contributed by atoms with Gasteiger partial charge in [0.05, 0.1) is 5.03 Å². The number of nitrogens with two attached hydrogens (primary N) is 1. The third-order valence-electron chi connectivity index (χ3n) is 1.29. The molecule has 0 heterocycles. The van der Waals surface area contributed by atoms with Crippen molar-refractivity contribution in [2.75, 3.05) is 0 Å². The lowest BCUT2D eigenvalue weighted by Gasteiger charge is -2.26. The van der Waals surface area contributed by atoms with E-state index in [1.807, 2.05) is 0 Å². The van der Waals surface area contributed by atoms with Crippen LogP contribution in [0.15, 0.2) is 23.3 Å². The Morgan fingerprint density at radius 2 is 2.30 bits per heavy atom. The van der Waals surface area contributed by atoms with Crippen LogP contribution in [0, 0.1) is 0 Å². The molecule has 4 heteroatoms. The molecule has 2 unspecified atom stereocenters. The van der Waals surface area contributed by atoms with E-state index < -0.39 is 11.1 Å². The number of aliphatic hydroxyl groups excluding tert-OH is 1. The predicted octanol–water partition coefficient (Wildman–Crippen LogP) is 0.934. The molecule has 0 aliphatic heterocycles. The average molecular weight is 180 g/mol. The van der Waals surface area contributed by atoms with E-state index in [2.05, 4.69) is 0 Å². The van der Waals surface area contributed by atoms with Crippen LogP contribution in [0.1, 0.15) is 0 Å². The maximum absolute atomic E-state index is 9.20. The zero-order valence-corrected chi connectivity index (χ0v) is 6.60. The molecule has 2 nitrogen and oxygen atoms in total. The Bertz CT molecular complexity index is 198. The minimum Gasteiger partial charge on any atom is -0.384 e. The Labute approximate surface area is 68.9 Å². The van der Waals surface area contributed by atoms with Crippen LogP contribution >= 0.6 is 23.2 Å². The summed E-state index contributed by atoms with van der Waals surface area (Å²) < 4.78 is 0. The summed E-state index contributed by atoms with van der Waals surface area (Å²) in [6.45, 7) is 0. The normalized spacial score (nSPS) is 39.6. The van der Waals surface area contributed by atoms with Gasteiger partial charge in [0.2, 0.25) is 0 Å². The first-order chi connectivity index (χ1) is 4.54.